The molecule has 2 atom stereocenters. The summed E-state index contributed by atoms with van der Waals surface area (Å²) in [4.78, 5) is 14.3. The van der Waals surface area contributed by atoms with Crippen LogP contribution in [-0.4, -0.2) is 36.5 Å². The molecule has 1 heterocycles. The molecule has 1 amide bonds. The molecule has 19 heavy (non-hydrogen) atoms. The van der Waals surface area contributed by atoms with Gasteiger partial charge in [-0.05, 0) is 31.7 Å². The lowest BCUT2D eigenvalue weighted by Crippen LogP contribution is -2.47. The third-order valence-electron chi connectivity index (χ3n) is 4.33. The molecular formula is C16H32N2O. The van der Waals surface area contributed by atoms with E-state index in [9.17, 15) is 4.79 Å². The fourth-order valence-electron chi connectivity index (χ4n) is 2.71. The van der Waals surface area contributed by atoms with Crippen molar-refractivity contribution in [3.63, 3.8) is 0 Å². The quantitative estimate of drug-likeness (QED) is 0.769. The monoisotopic (exact) mass is 268 g/mol. The Bertz CT molecular complexity index is 255. The first-order valence-electron chi connectivity index (χ1n) is 8.20. The van der Waals surface area contributed by atoms with Crippen LogP contribution in [-0.2, 0) is 4.79 Å². The molecule has 3 heteroatoms. The third kappa shape index (κ3) is 5.94. The first-order chi connectivity index (χ1) is 9.19. The summed E-state index contributed by atoms with van der Waals surface area (Å²) in [6.07, 6.45) is 7.83. The summed E-state index contributed by atoms with van der Waals surface area (Å²) in [7, 11) is 0. The standard InChI is InChI=1S/C16H32N2O/c1-4-11-17-15(14(3)5-2)13-18-12-9-7-6-8-10-16(18)19/h14-15,17H,4-13H2,1-3H3. The highest BCUT2D eigenvalue weighted by molar-refractivity contribution is 5.76. The van der Waals surface area contributed by atoms with Crippen molar-refractivity contribution >= 4 is 5.91 Å². The predicted molar refractivity (Wildman–Crippen MR) is 81.2 cm³/mol. The molecule has 0 bridgehead atoms. The van der Waals surface area contributed by atoms with Crippen molar-refractivity contribution in [2.24, 2.45) is 5.92 Å². The predicted octanol–water partition coefficient (Wildman–Crippen LogP) is 3.19. The van der Waals surface area contributed by atoms with E-state index in [0.29, 0.717) is 17.9 Å². The summed E-state index contributed by atoms with van der Waals surface area (Å²) < 4.78 is 0. The number of likely N-dealkylation sites (tertiary alicyclic amines) is 1. The number of hydrogen-bond donors (Lipinski definition) is 1. The summed E-state index contributed by atoms with van der Waals surface area (Å²) in [5, 5.41) is 3.63. The largest absolute Gasteiger partial charge is 0.341 e. The van der Waals surface area contributed by atoms with Crippen LogP contribution in [0.5, 0.6) is 0 Å². The van der Waals surface area contributed by atoms with Crippen molar-refractivity contribution in [2.45, 2.75) is 71.8 Å². The molecular weight excluding hydrogens is 236 g/mol. The van der Waals surface area contributed by atoms with Gasteiger partial charge in [-0.25, -0.2) is 0 Å². The number of carbonyl (C=O) groups excluding carboxylic acids is 1. The van der Waals surface area contributed by atoms with Crippen LogP contribution in [0, 0.1) is 5.92 Å². The highest BCUT2D eigenvalue weighted by atomic mass is 16.2. The number of nitrogens with one attached hydrogen (secondary N) is 1. The molecule has 1 aliphatic rings. The summed E-state index contributed by atoms with van der Waals surface area (Å²) in [5.74, 6) is 0.996. The average molecular weight is 268 g/mol. The molecule has 0 aromatic carbocycles. The van der Waals surface area contributed by atoms with Crippen LogP contribution in [0.3, 0.4) is 0 Å². The van der Waals surface area contributed by atoms with Crippen molar-refractivity contribution in [1.29, 1.82) is 0 Å². The van der Waals surface area contributed by atoms with Gasteiger partial charge in [0, 0.05) is 25.6 Å². The number of hydrogen-bond acceptors (Lipinski definition) is 2. The molecule has 112 valence electrons. The lowest BCUT2D eigenvalue weighted by Gasteiger charge is -2.32. The van der Waals surface area contributed by atoms with Crippen LogP contribution in [0.25, 0.3) is 0 Å². The van der Waals surface area contributed by atoms with E-state index < -0.39 is 0 Å². The van der Waals surface area contributed by atoms with Gasteiger partial charge in [-0.15, -0.1) is 0 Å². The van der Waals surface area contributed by atoms with Crippen LogP contribution >= 0.6 is 0 Å². The van der Waals surface area contributed by atoms with Crippen molar-refractivity contribution in [2.75, 3.05) is 19.6 Å². The topological polar surface area (TPSA) is 32.3 Å². The average Bonchev–Trinajstić information content (AvgIpc) is 2.41. The normalized spacial score (nSPS) is 20.8. The second-order valence-electron chi connectivity index (χ2n) is 5.95. The fraction of sp³-hybridized carbons (Fsp3) is 0.938. The van der Waals surface area contributed by atoms with Gasteiger partial charge in [0.15, 0.2) is 0 Å². The van der Waals surface area contributed by atoms with Crippen molar-refractivity contribution < 1.29 is 4.79 Å². The molecule has 0 aliphatic carbocycles. The second-order valence-corrected chi connectivity index (χ2v) is 5.95. The minimum Gasteiger partial charge on any atom is -0.341 e. The number of nitrogens with zero attached hydrogens (tertiary/aromatic N) is 1. The van der Waals surface area contributed by atoms with Gasteiger partial charge < -0.3 is 10.2 Å². The zero-order valence-electron chi connectivity index (χ0n) is 13.1. The highest BCUT2D eigenvalue weighted by Crippen LogP contribution is 2.15. The molecule has 3 nitrogen and oxygen atoms in total. The van der Waals surface area contributed by atoms with Crippen LogP contribution in [0.1, 0.15) is 65.7 Å². The Hall–Kier alpha value is -0.570. The molecule has 0 saturated carbocycles. The van der Waals surface area contributed by atoms with Gasteiger partial charge in [0.25, 0.3) is 0 Å². The Morgan fingerprint density at radius 3 is 2.63 bits per heavy atom. The van der Waals surface area contributed by atoms with Gasteiger partial charge in [0.2, 0.25) is 5.91 Å². The SMILES string of the molecule is CCCNC(CN1CCCCCCC1=O)C(C)CC. The molecule has 1 saturated heterocycles. The summed E-state index contributed by atoms with van der Waals surface area (Å²) in [5.41, 5.74) is 0. The van der Waals surface area contributed by atoms with E-state index in [1.165, 1.54) is 25.7 Å². The summed E-state index contributed by atoms with van der Waals surface area (Å²) in [6, 6.07) is 0.452. The smallest absolute Gasteiger partial charge is 0.222 e. The first-order valence-corrected chi connectivity index (χ1v) is 8.20. The van der Waals surface area contributed by atoms with E-state index in [-0.39, 0.29) is 0 Å². The zero-order chi connectivity index (χ0) is 14.1. The van der Waals surface area contributed by atoms with Gasteiger partial charge in [0.05, 0.1) is 0 Å². The van der Waals surface area contributed by atoms with E-state index in [1.54, 1.807) is 0 Å². The van der Waals surface area contributed by atoms with E-state index in [2.05, 4.69) is 31.0 Å². The molecule has 2 unspecified atom stereocenters. The molecule has 0 aromatic heterocycles. The van der Waals surface area contributed by atoms with E-state index in [0.717, 1.165) is 38.9 Å². The maximum atomic E-state index is 12.2. The minimum absolute atomic E-state index is 0.367. The molecule has 1 rings (SSSR count). The Morgan fingerprint density at radius 1 is 1.21 bits per heavy atom. The van der Waals surface area contributed by atoms with E-state index >= 15 is 0 Å². The molecule has 1 N–H and O–H groups in total. The number of rotatable bonds is 7. The van der Waals surface area contributed by atoms with Crippen LogP contribution in [0.4, 0.5) is 0 Å². The Balaban J connectivity index is 2.55. The van der Waals surface area contributed by atoms with Crippen LogP contribution in [0.2, 0.25) is 0 Å². The minimum atomic E-state index is 0.367. The van der Waals surface area contributed by atoms with E-state index in [1.807, 2.05) is 0 Å². The van der Waals surface area contributed by atoms with Crippen LogP contribution in [0.15, 0.2) is 0 Å². The summed E-state index contributed by atoms with van der Waals surface area (Å²) >= 11 is 0. The van der Waals surface area contributed by atoms with Crippen molar-refractivity contribution in [3.8, 4) is 0 Å². The maximum Gasteiger partial charge on any atom is 0.222 e. The Labute approximate surface area is 119 Å². The van der Waals surface area contributed by atoms with Gasteiger partial charge in [-0.2, -0.15) is 0 Å². The van der Waals surface area contributed by atoms with Gasteiger partial charge in [0.1, 0.15) is 0 Å². The van der Waals surface area contributed by atoms with E-state index in [4.69, 9.17) is 0 Å². The lowest BCUT2D eigenvalue weighted by molar-refractivity contribution is -0.132. The second kappa shape index (κ2) is 9.35. The molecule has 0 aromatic rings. The van der Waals surface area contributed by atoms with Gasteiger partial charge in [-0.1, -0.05) is 40.0 Å². The molecule has 1 aliphatic heterocycles. The van der Waals surface area contributed by atoms with Crippen LogP contribution < -0.4 is 5.32 Å². The van der Waals surface area contributed by atoms with Crippen molar-refractivity contribution in [1.82, 2.24) is 10.2 Å². The Kier molecular flexibility index (Phi) is 8.11. The highest BCUT2D eigenvalue weighted by Gasteiger charge is 2.22. The van der Waals surface area contributed by atoms with Crippen molar-refractivity contribution in [3.05, 3.63) is 0 Å². The Morgan fingerprint density at radius 2 is 1.95 bits per heavy atom. The maximum absolute atomic E-state index is 12.2. The zero-order valence-corrected chi connectivity index (χ0v) is 13.1. The lowest BCUT2D eigenvalue weighted by atomic mass is 9.97. The third-order valence-corrected chi connectivity index (χ3v) is 4.33. The van der Waals surface area contributed by atoms with Gasteiger partial charge >= 0.3 is 0 Å². The molecule has 1 fully saturated rings. The first kappa shape index (κ1) is 16.5. The van der Waals surface area contributed by atoms with Gasteiger partial charge in [-0.3, -0.25) is 4.79 Å². The number of carbonyl (C=O) groups is 1. The number of amides is 1. The molecule has 0 radical (unpaired) electrons. The molecule has 0 spiro atoms. The summed E-state index contributed by atoms with van der Waals surface area (Å²) in [6.45, 7) is 9.63. The fourth-order valence-corrected chi connectivity index (χ4v) is 2.71.